The first-order chi connectivity index (χ1) is 17.1. The Balaban J connectivity index is 1.46. The summed E-state index contributed by atoms with van der Waals surface area (Å²) in [5, 5.41) is 1.46. The Morgan fingerprint density at radius 1 is 0.829 bits per heavy atom. The molecule has 2 aliphatic carbocycles. The quantitative estimate of drug-likeness (QED) is 0.335. The van der Waals surface area contributed by atoms with Crippen molar-refractivity contribution in [3.8, 4) is 0 Å². The van der Waals surface area contributed by atoms with E-state index in [9.17, 15) is 4.55 Å². The molecule has 180 valence electrons. The van der Waals surface area contributed by atoms with Crippen molar-refractivity contribution >= 4 is 22.1 Å². The minimum absolute atomic E-state index is 0.00885. The number of aromatic amines is 1. The minimum atomic E-state index is -1.05. The van der Waals surface area contributed by atoms with Crippen LogP contribution in [0, 0.1) is 0 Å². The fourth-order valence-electron chi connectivity index (χ4n) is 7.05. The van der Waals surface area contributed by atoms with Crippen molar-refractivity contribution in [2.45, 2.75) is 59.6 Å². The highest BCUT2D eigenvalue weighted by atomic mass is 32.2. The number of fused-ring (bicyclic) bond motifs is 4. The molecular weight excluding hydrogens is 448 g/mol. The SMILES string of the molecule is CN(C)C1(c2ccccc2)CCC2(CC1)c1[nH]c3ccccc3c1CCC2[S+]([O-])c1ccccc1. The molecule has 2 atom stereocenters. The number of benzene rings is 3. The van der Waals surface area contributed by atoms with Gasteiger partial charge in [0.05, 0.1) is 5.41 Å². The van der Waals surface area contributed by atoms with Crippen LogP contribution in [0.3, 0.4) is 0 Å². The molecule has 6 rings (SSSR count). The first kappa shape index (κ1) is 22.9. The maximum Gasteiger partial charge on any atom is 0.152 e. The Kier molecular flexibility index (Phi) is 5.79. The Bertz CT molecular complexity index is 1310. The van der Waals surface area contributed by atoms with E-state index in [1.165, 1.54) is 27.7 Å². The van der Waals surface area contributed by atoms with Crippen LogP contribution in [-0.2, 0) is 28.6 Å². The zero-order valence-corrected chi connectivity index (χ0v) is 21.5. The number of para-hydroxylation sites is 1. The summed E-state index contributed by atoms with van der Waals surface area (Å²) in [5.74, 6) is 0. The van der Waals surface area contributed by atoms with Gasteiger partial charge in [-0.1, -0.05) is 66.7 Å². The van der Waals surface area contributed by atoms with E-state index < -0.39 is 11.2 Å². The first-order valence-electron chi connectivity index (χ1n) is 12.8. The number of aryl methyl sites for hydroxylation is 1. The second kappa shape index (κ2) is 8.85. The van der Waals surface area contributed by atoms with E-state index in [2.05, 4.69) is 78.6 Å². The van der Waals surface area contributed by atoms with Crippen LogP contribution >= 0.6 is 0 Å². The van der Waals surface area contributed by atoms with Gasteiger partial charge in [0.25, 0.3) is 0 Å². The van der Waals surface area contributed by atoms with Crippen molar-refractivity contribution in [3.63, 3.8) is 0 Å². The molecule has 1 aromatic heterocycles. The van der Waals surface area contributed by atoms with Crippen molar-refractivity contribution in [2.75, 3.05) is 14.1 Å². The number of hydrogen-bond donors (Lipinski definition) is 1. The molecule has 2 aliphatic rings. The molecule has 3 aromatic carbocycles. The first-order valence-corrected chi connectivity index (χ1v) is 14.1. The smallest absolute Gasteiger partial charge is 0.152 e. The van der Waals surface area contributed by atoms with Gasteiger partial charge in [-0.3, -0.25) is 4.90 Å². The van der Waals surface area contributed by atoms with Gasteiger partial charge in [-0.25, -0.2) is 0 Å². The van der Waals surface area contributed by atoms with E-state index in [1.54, 1.807) is 0 Å². The molecular formula is C31H34N2OS. The highest BCUT2D eigenvalue weighted by Gasteiger charge is 2.56. The number of nitrogens with one attached hydrogen (secondary N) is 1. The third kappa shape index (κ3) is 3.57. The van der Waals surface area contributed by atoms with Gasteiger partial charge in [-0.15, -0.1) is 0 Å². The number of aromatic nitrogens is 1. The van der Waals surface area contributed by atoms with E-state index in [0.29, 0.717) is 0 Å². The molecule has 0 saturated heterocycles. The molecule has 4 heteroatoms. The minimum Gasteiger partial charge on any atom is -0.611 e. The van der Waals surface area contributed by atoms with Gasteiger partial charge in [0.15, 0.2) is 4.90 Å². The standard InChI is InChI=1S/C31H34N2OS/c1-33(2)31(23-11-5-3-6-12-23)21-19-30(20-22-31)28(35(34)24-13-7-4-8-14-24)18-17-26-25-15-9-10-16-27(25)32-29(26)30/h3-16,28,32H,17-22H2,1-2H3. The average molecular weight is 483 g/mol. The van der Waals surface area contributed by atoms with E-state index in [1.807, 2.05) is 30.3 Å². The highest BCUT2D eigenvalue weighted by Crippen LogP contribution is 2.56. The topological polar surface area (TPSA) is 42.1 Å². The van der Waals surface area contributed by atoms with Crippen LogP contribution in [0.2, 0.25) is 0 Å². The summed E-state index contributed by atoms with van der Waals surface area (Å²) in [5.41, 5.74) is 5.33. The highest BCUT2D eigenvalue weighted by molar-refractivity contribution is 7.92. The third-order valence-corrected chi connectivity index (χ3v) is 10.9. The van der Waals surface area contributed by atoms with Gasteiger partial charge in [-0.05, 0) is 86.7 Å². The molecule has 2 unspecified atom stereocenters. The average Bonchev–Trinajstić information content (AvgIpc) is 3.30. The Labute approximate surface area is 211 Å². The van der Waals surface area contributed by atoms with Crippen LogP contribution in [-0.4, -0.2) is 33.8 Å². The summed E-state index contributed by atoms with van der Waals surface area (Å²) in [6.07, 6.45) is 6.13. The van der Waals surface area contributed by atoms with Crippen LogP contribution in [0.25, 0.3) is 10.9 Å². The van der Waals surface area contributed by atoms with Crippen molar-refractivity contribution in [1.82, 2.24) is 9.88 Å². The van der Waals surface area contributed by atoms with Crippen LogP contribution < -0.4 is 0 Å². The predicted octanol–water partition coefficient (Wildman–Crippen LogP) is 6.56. The van der Waals surface area contributed by atoms with Crippen molar-refractivity contribution in [2.24, 2.45) is 0 Å². The molecule has 35 heavy (non-hydrogen) atoms. The molecule has 1 saturated carbocycles. The summed E-state index contributed by atoms with van der Waals surface area (Å²) in [6.45, 7) is 0. The van der Waals surface area contributed by atoms with Crippen LogP contribution in [0.15, 0.2) is 89.8 Å². The Hall–Kier alpha value is -2.53. The van der Waals surface area contributed by atoms with E-state index in [-0.39, 0.29) is 16.2 Å². The Morgan fingerprint density at radius 2 is 1.46 bits per heavy atom. The molecule has 1 N–H and O–H groups in total. The summed E-state index contributed by atoms with van der Waals surface area (Å²) in [6, 6.07) is 29.8. The van der Waals surface area contributed by atoms with Crippen LogP contribution in [0.1, 0.15) is 48.9 Å². The lowest BCUT2D eigenvalue weighted by atomic mass is 9.59. The van der Waals surface area contributed by atoms with Crippen molar-refractivity contribution in [3.05, 3.63) is 102 Å². The van der Waals surface area contributed by atoms with Gasteiger partial charge in [0.1, 0.15) is 5.25 Å². The number of rotatable bonds is 4. The van der Waals surface area contributed by atoms with Gasteiger partial charge >= 0.3 is 0 Å². The van der Waals surface area contributed by atoms with Crippen LogP contribution in [0.4, 0.5) is 0 Å². The lowest BCUT2D eigenvalue weighted by Gasteiger charge is -2.53. The van der Waals surface area contributed by atoms with E-state index in [4.69, 9.17) is 0 Å². The number of hydrogen-bond acceptors (Lipinski definition) is 2. The maximum absolute atomic E-state index is 14.2. The van der Waals surface area contributed by atoms with Gasteiger partial charge in [0, 0.05) is 28.6 Å². The van der Waals surface area contributed by atoms with Crippen molar-refractivity contribution < 1.29 is 4.55 Å². The zero-order valence-electron chi connectivity index (χ0n) is 20.7. The largest absolute Gasteiger partial charge is 0.611 e. The summed E-state index contributed by atoms with van der Waals surface area (Å²) in [4.78, 5) is 7.25. The maximum atomic E-state index is 14.2. The molecule has 1 heterocycles. The summed E-state index contributed by atoms with van der Waals surface area (Å²) >= 11 is -1.05. The summed E-state index contributed by atoms with van der Waals surface area (Å²) < 4.78 is 14.2. The molecule has 0 aliphatic heterocycles. The molecule has 0 bridgehead atoms. The second-order valence-corrected chi connectivity index (χ2v) is 12.2. The van der Waals surface area contributed by atoms with Gasteiger partial charge in [-0.2, -0.15) is 0 Å². The van der Waals surface area contributed by atoms with E-state index in [0.717, 1.165) is 43.4 Å². The molecule has 0 radical (unpaired) electrons. The van der Waals surface area contributed by atoms with Gasteiger partial charge in [0.2, 0.25) is 0 Å². The van der Waals surface area contributed by atoms with Gasteiger partial charge < -0.3 is 9.54 Å². The summed E-state index contributed by atoms with van der Waals surface area (Å²) in [7, 11) is 4.44. The fourth-order valence-corrected chi connectivity index (χ4v) is 8.90. The zero-order chi connectivity index (χ0) is 24.0. The monoisotopic (exact) mass is 482 g/mol. The number of H-pyrrole nitrogens is 1. The van der Waals surface area contributed by atoms with Crippen LogP contribution in [0.5, 0.6) is 0 Å². The number of nitrogens with zero attached hydrogens (tertiary/aromatic N) is 1. The normalized spacial score (nSPS) is 27.3. The van der Waals surface area contributed by atoms with Crippen molar-refractivity contribution in [1.29, 1.82) is 0 Å². The fraction of sp³-hybridized carbons (Fsp3) is 0.355. The lowest BCUT2D eigenvalue weighted by molar-refractivity contribution is 0.0590. The molecule has 4 aromatic rings. The molecule has 1 fully saturated rings. The van der Waals surface area contributed by atoms with E-state index >= 15 is 0 Å². The second-order valence-electron chi connectivity index (χ2n) is 10.6. The molecule has 1 spiro atoms. The third-order valence-electron chi connectivity index (χ3n) is 8.95. The lowest BCUT2D eigenvalue weighted by Crippen LogP contribution is -2.55. The predicted molar refractivity (Wildman–Crippen MR) is 145 cm³/mol. The molecule has 0 amide bonds. The molecule has 3 nitrogen and oxygen atoms in total. The Morgan fingerprint density at radius 3 is 2.14 bits per heavy atom.